The molecule has 118 valence electrons. The smallest absolute Gasteiger partial charge is 0.236 e. The maximum absolute atomic E-state index is 11.1. The van der Waals surface area contributed by atoms with Crippen molar-refractivity contribution in [3.8, 4) is 11.5 Å². The van der Waals surface area contributed by atoms with E-state index in [1.165, 1.54) is 7.11 Å². The summed E-state index contributed by atoms with van der Waals surface area (Å²) in [4.78, 5) is 2.23. The molecule has 1 aromatic carbocycles. The number of likely N-dealkylation sites (tertiary alicyclic amines) is 1. The number of piperidine rings is 1. The molecule has 0 spiro atoms. The summed E-state index contributed by atoms with van der Waals surface area (Å²) < 4.78 is 33.5. The molecule has 0 radical (unpaired) electrons. The van der Waals surface area contributed by atoms with Gasteiger partial charge in [0.1, 0.15) is 6.10 Å². The van der Waals surface area contributed by atoms with Crippen molar-refractivity contribution >= 4 is 19.7 Å². The largest absolute Gasteiger partial charge is 0.493 e. The highest BCUT2D eigenvalue weighted by molar-refractivity contribution is 8.13. The Hall–Kier alpha value is -0.980. The van der Waals surface area contributed by atoms with Crippen LogP contribution in [0.2, 0.25) is 0 Å². The van der Waals surface area contributed by atoms with Crippen LogP contribution in [0.25, 0.3) is 0 Å². The van der Waals surface area contributed by atoms with Gasteiger partial charge in [0.15, 0.2) is 11.5 Å². The summed E-state index contributed by atoms with van der Waals surface area (Å²) in [5.41, 5.74) is 0.579. The van der Waals surface area contributed by atoms with Crippen LogP contribution in [0.4, 0.5) is 0 Å². The lowest BCUT2D eigenvalue weighted by atomic mass is 10.1. The molecule has 0 aliphatic carbocycles. The molecule has 0 bridgehead atoms. The van der Waals surface area contributed by atoms with Gasteiger partial charge in [-0.15, -0.1) is 0 Å². The van der Waals surface area contributed by atoms with Gasteiger partial charge in [-0.2, -0.15) is 0 Å². The highest BCUT2D eigenvalue weighted by Crippen LogP contribution is 2.31. The molecule has 21 heavy (non-hydrogen) atoms. The highest BCUT2D eigenvalue weighted by atomic mass is 35.7. The minimum atomic E-state index is -3.58. The third kappa shape index (κ3) is 5.05. The maximum Gasteiger partial charge on any atom is 0.236 e. The normalized spacial score (nSPS) is 20.2. The molecule has 5 nitrogen and oxygen atoms in total. The quantitative estimate of drug-likeness (QED) is 0.773. The van der Waals surface area contributed by atoms with Gasteiger partial charge in [-0.05, 0) is 44.1 Å². The molecule has 0 amide bonds. The standard InChI is InChI=1S/C14H20ClNO4S/c1-16-7-3-4-12(9-16)20-13-6-5-11(8-14(13)19-2)10-21(15,17)18/h5-6,8,12H,3-4,7,9-10H2,1-2H3. The van der Waals surface area contributed by atoms with E-state index in [0.29, 0.717) is 17.1 Å². The summed E-state index contributed by atoms with van der Waals surface area (Å²) >= 11 is 0. The second-order valence-electron chi connectivity index (χ2n) is 5.31. The van der Waals surface area contributed by atoms with E-state index in [1.54, 1.807) is 18.2 Å². The summed E-state index contributed by atoms with van der Waals surface area (Å²) in [5, 5.41) is 0. The van der Waals surface area contributed by atoms with Gasteiger partial charge in [0.05, 0.1) is 12.9 Å². The van der Waals surface area contributed by atoms with Crippen LogP contribution >= 0.6 is 10.7 Å². The molecule has 1 aliphatic heterocycles. The van der Waals surface area contributed by atoms with Crippen molar-refractivity contribution in [3.63, 3.8) is 0 Å². The van der Waals surface area contributed by atoms with E-state index in [9.17, 15) is 8.42 Å². The van der Waals surface area contributed by atoms with Gasteiger partial charge in [-0.25, -0.2) is 8.42 Å². The number of methoxy groups -OCH3 is 1. The molecule has 1 aromatic rings. The van der Waals surface area contributed by atoms with Gasteiger partial charge < -0.3 is 14.4 Å². The van der Waals surface area contributed by atoms with Gasteiger partial charge in [-0.1, -0.05) is 6.07 Å². The molecule has 0 saturated carbocycles. The van der Waals surface area contributed by atoms with Crippen molar-refractivity contribution in [2.75, 3.05) is 27.2 Å². The highest BCUT2D eigenvalue weighted by Gasteiger charge is 2.20. The molecule has 1 aliphatic rings. The van der Waals surface area contributed by atoms with Crippen LogP contribution in [0.15, 0.2) is 18.2 Å². The van der Waals surface area contributed by atoms with Gasteiger partial charge in [0, 0.05) is 17.2 Å². The van der Waals surface area contributed by atoms with E-state index in [-0.39, 0.29) is 11.9 Å². The Morgan fingerprint density at radius 1 is 1.38 bits per heavy atom. The Morgan fingerprint density at radius 2 is 2.14 bits per heavy atom. The first-order valence-corrected chi connectivity index (χ1v) is 9.29. The SMILES string of the molecule is COc1cc(CS(=O)(=O)Cl)ccc1OC1CCCN(C)C1. The van der Waals surface area contributed by atoms with Crippen LogP contribution in [0.1, 0.15) is 18.4 Å². The first-order valence-electron chi connectivity index (χ1n) is 6.82. The van der Waals surface area contributed by atoms with E-state index in [2.05, 4.69) is 11.9 Å². The Labute approximate surface area is 130 Å². The lowest BCUT2D eigenvalue weighted by Crippen LogP contribution is -2.38. The minimum absolute atomic E-state index is 0.125. The second-order valence-corrected chi connectivity index (χ2v) is 8.09. The molecule has 7 heteroatoms. The van der Waals surface area contributed by atoms with Gasteiger partial charge in [0.25, 0.3) is 0 Å². The van der Waals surface area contributed by atoms with Crippen LogP contribution in [-0.4, -0.2) is 46.7 Å². The van der Waals surface area contributed by atoms with Crippen molar-refractivity contribution in [2.24, 2.45) is 0 Å². The molecule has 2 rings (SSSR count). The first-order chi connectivity index (χ1) is 9.87. The molecule has 1 unspecified atom stereocenters. The third-order valence-electron chi connectivity index (χ3n) is 3.44. The number of hydrogen-bond donors (Lipinski definition) is 0. The van der Waals surface area contributed by atoms with E-state index < -0.39 is 9.05 Å². The molecule has 1 atom stereocenters. The average Bonchev–Trinajstić information content (AvgIpc) is 2.39. The molecular weight excluding hydrogens is 314 g/mol. The van der Waals surface area contributed by atoms with E-state index in [1.807, 2.05) is 0 Å². The van der Waals surface area contributed by atoms with Crippen LogP contribution in [0, 0.1) is 0 Å². The molecular formula is C14H20ClNO4S. The zero-order chi connectivity index (χ0) is 15.5. The number of halogens is 1. The number of nitrogens with zero attached hydrogens (tertiary/aromatic N) is 1. The minimum Gasteiger partial charge on any atom is -0.493 e. The van der Waals surface area contributed by atoms with Crippen LogP contribution in [0.3, 0.4) is 0 Å². The summed E-state index contributed by atoms with van der Waals surface area (Å²) in [6, 6.07) is 5.09. The number of benzene rings is 1. The summed E-state index contributed by atoms with van der Waals surface area (Å²) in [7, 11) is 5.30. The Kier molecular flexibility index (Phi) is 5.35. The molecule has 1 heterocycles. The van der Waals surface area contributed by atoms with Crippen LogP contribution in [-0.2, 0) is 14.8 Å². The zero-order valence-corrected chi connectivity index (χ0v) is 13.8. The monoisotopic (exact) mass is 333 g/mol. The van der Waals surface area contributed by atoms with Gasteiger partial charge in [-0.3, -0.25) is 0 Å². The van der Waals surface area contributed by atoms with Crippen molar-refractivity contribution in [1.82, 2.24) is 4.90 Å². The van der Waals surface area contributed by atoms with Crippen molar-refractivity contribution in [2.45, 2.75) is 24.7 Å². The number of likely N-dealkylation sites (N-methyl/N-ethyl adjacent to an activating group) is 1. The number of rotatable bonds is 5. The summed E-state index contributed by atoms with van der Waals surface area (Å²) in [6.07, 6.45) is 2.23. The zero-order valence-electron chi connectivity index (χ0n) is 12.2. The average molecular weight is 334 g/mol. The van der Waals surface area contributed by atoms with E-state index >= 15 is 0 Å². The Morgan fingerprint density at radius 3 is 2.76 bits per heavy atom. The fourth-order valence-corrected chi connectivity index (χ4v) is 3.45. The van der Waals surface area contributed by atoms with Crippen LogP contribution < -0.4 is 9.47 Å². The maximum atomic E-state index is 11.1. The van der Waals surface area contributed by atoms with Crippen molar-refractivity contribution < 1.29 is 17.9 Å². The second kappa shape index (κ2) is 6.85. The molecule has 1 fully saturated rings. The lowest BCUT2D eigenvalue weighted by molar-refractivity contribution is 0.101. The van der Waals surface area contributed by atoms with Gasteiger partial charge in [0.2, 0.25) is 9.05 Å². The summed E-state index contributed by atoms with van der Waals surface area (Å²) in [6.45, 7) is 1.96. The number of ether oxygens (including phenoxy) is 2. The fraction of sp³-hybridized carbons (Fsp3) is 0.571. The molecule has 0 aromatic heterocycles. The molecule has 0 N–H and O–H groups in total. The van der Waals surface area contributed by atoms with Gasteiger partial charge >= 0.3 is 0 Å². The summed E-state index contributed by atoms with van der Waals surface area (Å²) in [5.74, 6) is 0.937. The topological polar surface area (TPSA) is 55.8 Å². The van der Waals surface area contributed by atoms with Crippen molar-refractivity contribution in [3.05, 3.63) is 23.8 Å². The third-order valence-corrected chi connectivity index (χ3v) is 4.45. The fourth-order valence-electron chi connectivity index (χ4n) is 2.49. The van der Waals surface area contributed by atoms with E-state index in [0.717, 1.165) is 25.9 Å². The first kappa shape index (κ1) is 16.4. The predicted molar refractivity (Wildman–Crippen MR) is 82.6 cm³/mol. The van der Waals surface area contributed by atoms with Crippen LogP contribution in [0.5, 0.6) is 11.5 Å². The molecule has 1 saturated heterocycles. The Balaban J connectivity index is 2.12. The number of hydrogen-bond acceptors (Lipinski definition) is 5. The lowest BCUT2D eigenvalue weighted by Gasteiger charge is -2.30. The Bertz CT molecular complexity index is 591. The van der Waals surface area contributed by atoms with E-state index in [4.69, 9.17) is 20.2 Å². The van der Waals surface area contributed by atoms with Crippen molar-refractivity contribution in [1.29, 1.82) is 0 Å². The predicted octanol–water partition coefficient (Wildman–Crippen LogP) is 2.24.